The molecule has 1 fully saturated rings. The van der Waals surface area contributed by atoms with E-state index in [1.807, 2.05) is 18.2 Å². The van der Waals surface area contributed by atoms with Crippen LogP contribution in [0.4, 0.5) is 5.13 Å². The van der Waals surface area contributed by atoms with Crippen LogP contribution in [-0.4, -0.2) is 56.2 Å². The van der Waals surface area contributed by atoms with Gasteiger partial charge in [-0.15, -0.1) is 11.3 Å². The molecule has 0 unspecified atom stereocenters. The van der Waals surface area contributed by atoms with E-state index in [0.29, 0.717) is 37.6 Å². The molecule has 0 spiro atoms. The second-order valence-corrected chi connectivity index (χ2v) is 9.91. The normalized spacial score (nSPS) is 15.5. The number of aromatic nitrogens is 2. The highest BCUT2D eigenvalue weighted by atomic mass is 32.2. The first-order valence-corrected chi connectivity index (χ1v) is 12.0. The Kier molecular flexibility index (Phi) is 5.81. The first-order valence-electron chi connectivity index (χ1n) is 9.64. The van der Waals surface area contributed by atoms with Crippen molar-refractivity contribution in [2.24, 2.45) is 0 Å². The number of rotatable bonds is 6. The standard InChI is InChI=1S/C20H24N4O4S2/c1-14-19(15(2)28-22-14)30(25,26)24-9-7-23(8-10-24)20-21-17(13-29-20)11-16-5-4-6-18(12-16)27-3/h4-6,12-13H,7-11H2,1-3H3. The van der Waals surface area contributed by atoms with Crippen LogP contribution in [-0.2, 0) is 16.4 Å². The van der Waals surface area contributed by atoms with Gasteiger partial charge in [-0.3, -0.25) is 0 Å². The van der Waals surface area contributed by atoms with E-state index in [0.717, 1.165) is 28.6 Å². The van der Waals surface area contributed by atoms with Gasteiger partial charge in [0, 0.05) is 38.0 Å². The van der Waals surface area contributed by atoms with E-state index in [4.69, 9.17) is 14.2 Å². The first kappa shape index (κ1) is 20.8. The molecule has 10 heteroatoms. The SMILES string of the molecule is COc1cccc(Cc2csc(N3CCN(S(=O)(=O)c4c(C)noc4C)CC3)n2)c1. The molecular formula is C20H24N4O4S2. The van der Waals surface area contributed by atoms with Crippen molar-refractivity contribution in [3.63, 3.8) is 0 Å². The second-order valence-electron chi connectivity index (χ2n) is 7.19. The number of anilines is 1. The lowest BCUT2D eigenvalue weighted by molar-refractivity contribution is 0.378. The number of hydrogen-bond acceptors (Lipinski definition) is 8. The van der Waals surface area contributed by atoms with Crippen LogP contribution in [0.25, 0.3) is 0 Å². The van der Waals surface area contributed by atoms with Gasteiger partial charge in [0.05, 0.1) is 12.8 Å². The van der Waals surface area contributed by atoms with Crippen LogP contribution in [0.1, 0.15) is 22.7 Å². The maximum Gasteiger partial charge on any atom is 0.248 e. The van der Waals surface area contributed by atoms with Crippen molar-refractivity contribution < 1.29 is 17.7 Å². The minimum atomic E-state index is -3.61. The minimum absolute atomic E-state index is 0.186. The average molecular weight is 449 g/mol. The zero-order valence-corrected chi connectivity index (χ0v) is 18.8. The van der Waals surface area contributed by atoms with Crippen LogP contribution in [0.2, 0.25) is 0 Å². The highest BCUT2D eigenvalue weighted by Gasteiger charge is 2.33. The summed E-state index contributed by atoms with van der Waals surface area (Å²) >= 11 is 1.59. The molecule has 1 aliphatic heterocycles. The molecule has 3 heterocycles. The predicted molar refractivity (Wildman–Crippen MR) is 115 cm³/mol. The predicted octanol–water partition coefficient (Wildman–Crippen LogP) is 2.86. The van der Waals surface area contributed by atoms with Gasteiger partial charge in [-0.2, -0.15) is 4.31 Å². The molecule has 0 saturated carbocycles. The lowest BCUT2D eigenvalue weighted by Gasteiger charge is -2.33. The third-order valence-corrected chi connectivity index (χ3v) is 8.23. The number of benzene rings is 1. The van der Waals surface area contributed by atoms with Gasteiger partial charge < -0.3 is 14.2 Å². The van der Waals surface area contributed by atoms with Crippen molar-refractivity contribution in [1.29, 1.82) is 0 Å². The van der Waals surface area contributed by atoms with Gasteiger partial charge in [0.25, 0.3) is 0 Å². The zero-order chi connectivity index (χ0) is 21.3. The Balaban J connectivity index is 1.41. The minimum Gasteiger partial charge on any atom is -0.497 e. The number of piperazine rings is 1. The van der Waals surface area contributed by atoms with Crippen LogP contribution < -0.4 is 9.64 Å². The van der Waals surface area contributed by atoms with Crippen LogP contribution in [0.3, 0.4) is 0 Å². The maximum absolute atomic E-state index is 13.0. The van der Waals surface area contributed by atoms with Gasteiger partial charge in [-0.25, -0.2) is 13.4 Å². The largest absolute Gasteiger partial charge is 0.497 e. The monoisotopic (exact) mass is 448 g/mol. The summed E-state index contributed by atoms with van der Waals surface area (Å²) in [6, 6.07) is 7.96. The number of thiazole rings is 1. The van der Waals surface area contributed by atoms with Gasteiger partial charge in [0.15, 0.2) is 10.9 Å². The van der Waals surface area contributed by atoms with Crippen molar-refractivity contribution in [3.8, 4) is 5.75 Å². The maximum atomic E-state index is 13.0. The van der Waals surface area contributed by atoms with E-state index in [1.54, 1.807) is 32.3 Å². The van der Waals surface area contributed by atoms with Gasteiger partial charge in [0.2, 0.25) is 10.0 Å². The Labute approximate surface area is 180 Å². The summed E-state index contributed by atoms with van der Waals surface area (Å²) in [6.07, 6.45) is 0.730. The summed E-state index contributed by atoms with van der Waals surface area (Å²) in [7, 11) is -1.95. The molecule has 0 N–H and O–H groups in total. The number of sulfonamides is 1. The smallest absolute Gasteiger partial charge is 0.248 e. The van der Waals surface area contributed by atoms with Crippen LogP contribution in [0.15, 0.2) is 39.1 Å². The van der Waals surface area contributed by atoms with E-state index in [2.05, 4.69) is 21.5 Å². The van der Waals surface area contributed by atoms with E-state index in [9.17, 15) is 8.42 Å². The molecule has 0 atom stereocenters. The van der Waals surface area contributed by atoms with Crippen molar-refractivity contribution >= 4 is 26.5 Å². The number of methoxy groups -OCH3 is 1. The highest BCUT2D eigenvalue weighted by molar-refractivity contribution is 7.89. The van der Waals surface area contributed by atoms with Gasteiger partial charge >= 0.3 is 0 Å². The second kappa shape index (κ2) is 8.37. The molecule has 8 nitrogen and oxygen atoms in total. The molecule has 1 aromatic carbocycles. The fourth-order valence-corrected chi connectivity index (χ4v) is 6.20. The molecular weight excluding hydrogens is 424 g/mol. The Morgan fingerprint density at radius 2 is 1.97 bits per heavy atom. The van der Waals surface area contributed by atoms with Gasteiger partial charge in [-0.05, 0) is 31.5 Å². The van der Waals surface area contributed by atoms with E-state index in [1.165, 1.54) is 4.31 Å². The fourth-order valence-electron chi connectivity index (χ4n) is 3.61. The Morgan fingerprint density at radius 1 is 1.20 bits per heavy atom. The number of aryl methyl sites for hydroxylation is 2. The molecule has 0 amide bonds. The number of nitrogens with zero attached hydrogens (tertiary/aromatic N) is 4. The highest BCUT2D eigenvalue weighted by Crippen LogP contribution is 2.27. The Morgan fingerprint density at radius 3 is 2.63 bits per heavy atom. The number of hydrogen-bond donors (Lipinski definition) is 0. The summed E-state index contributed by atoms with van der Waals surface area (Å²) in [5.41, 5.74) is 2.53. The summed E-state index contributed by atoms with van der Waals surface area (Å²) < 4.78 is 37.8. The fraction of sp³-hybridized carbons (Fsp3) is 0.400. The summed E-state index contributed by atoms with van der Waals surface area (Å²) in [5.74, 6) is 1.16. The molecule has 0 bridgehead atoms. The zero-order valence-electron chi connectivity index (χ0n) is 17.2. The van der Waals surface area contributed by atoms with Crippen molar-refractivity contribution in [2.45, 2.75) is 25.2 Å². The quantitative estimate of drug-likeness (QED) is 0.573. The van der Waals surface area contributed by atoms with E-state index >= 15 is 0 Å². The molecule has 1 saturated heterocycles. The Hall–Kier alpha value is -2.43. The molecule has 4 rings (SSSR count). The van der Waals surface area contributed by atoms with Crippen LogP contribution >= 0.6 is 11.3 Å². The van der Waals surface area contributed by atoms with Crippen molar-refractivity contribution in [3.05, 3.63) is 52.4 Å². The molecule has 0 aliphatic carbocycles. The molecule has 2 aromatic heterocycles. The van der Waals surface area contributed by atoms with Gasteiger partial charge in [-0.1, -0.05) is 17.3 Å². The average Bonchev–Trinajstić information content (AvgIpc) is 3.34. The van der Waals surface area contributed by atoms with Crippen LogP contribution in [0, 0.1) is 13.8 Å². The summed E-state index contributed by atoms with van der Waals surface area (Å²) in [5, 5.41) is 6.76. The lowest BCUT2D eigenvalue weighted by atomic mass is 10.1. The first-order chi connectivity index (χ1) is 14.4. The molecule has 30 heavy (non-hydrogen) atoms. The molecule has 1 aliphatic rings. The number of ether oxygens (including phenoxy) is 1. The third kappa shape index (κ3) is 4.07. The third-order valence-electron chi connectivity index (χ3n) is 5.13. The molecule has 3 aromatic rings. The topological polar surface area (TPSA) is 88.8 Å². The van der Waals surface area contributed by atoms with E-state index in [-0.39, 0.29) is 4.90 Å². The lowest BCUT2D eigenvalue weighted by Crippen LogP contribution is -2.48. The van der Waals surface area contributed by atoms with Crippen molar-refractivity contribution in [2.75, 3.05) is 38.2 Å². The van der Waals surface area contributed by atoms with Crippen molar-refractivity contribution in [1.82, 2.24) is 14.4 Å². The van der Waals surface area contributed by atoms with Crippen LogP contribution in [0.5, 0.6) is 5.75 Å². The van der Waals surface area contributed by atoms with Gasteiger partial charge in [0.1, 0.15) is 16.3 Å². The van der Waals surface area contributed by atoms with E-state index < -0.39 is 10.0 Å². The Bertz CT molecular complexity index is 1110. The molecule has 0 radical (unpaired) electrons. The molecule has 160 valence electrons. The summed E-state index contributed by atoms with van der Waals surface area (Å²) in [4.78, 5) is 7.08. The summed E-state index contributed by atoms with van der Waals surface area (Å²) in [6.45, 7) is 5.26.